The van der Waals surface area contributed by atoms with Crippen molar-refractivity contribution in [3.8, 4) is 0 Å². The van der Waals surface area contributed by atoms with E-state index in [0.717, 1.165) is 17.5 Å². The van der Waals surface area contributed by atoms with Gasteiger partial charge in [0, 0.05) is 25.2 Å². The molecule has 2 aromatic carbocycles. The molecule has 0 aliphatic carbocycles. The average Bonchev–Trinajstić information content (AvgIpc) is 2.60. The SMILES string of the molecule is CCC(=O)N1CCc2ccc(NS(=O)(=O)c3ccc(C)cc3)cc2C1. The van der Waals surface area contributed by atoms with Crippen LogP contribution in [0, 0.1) is 6.92 Å². The van der Waals surface area contributed by atoms with Crippen molar-refractivity contribution in [3.63, 3.8) is 0 Å². The van der Waals surface area contributed by atoms with E-state index in [4.69, 9.17) is 0 Å². The lowest BCUT2D eigenvalue weighted by molar-refractivity contribution is -0.131. The van der Waals surface area contributed by atoms with Crippen LogP contribution in [-0.4, -0.2) is 25.8 Å². The van der Waals surface area contributed by atoms with E-state index in [9.17, 15) is 13.2 Å². The number of sulfonamides is 1. The Hall–Kier alpha value is -2.34. The van der Waals surface area contributed by atoms with Crippen molar-refractivity contribution in [3.05, 3.63) is 59.2 Å². The van der Waals surface area contributed by atoms with Crippen LogP contribution in [0.5, 0.6) is 0 Å². The van der Waals surface area contributed by atoms with E-state index >= 15 is 0 Å². The molecule has 6 heteroatoms. The van der Waals surface area contributed by atoms with E-state index in [1.54, 1.807) is 30.3 Å². The number of hydrogen-bond acceptors (Lipinski definition) is 3. The van der Waals surface area contributed by atoms with Crippen LogP contribution in [0.15, 0.2) is 47.4 Å². The van der Waals surface area contributed by atoms with E-state index in [2.05, 4.69) is 4.72 Å². The van der Waals surface area contributed by atoms with Crippen LogP contribution in [0.25, 0.3) is 0 Å². The van der Waals surface area contributed by atoms with Crippen molar-refractivity contribution in [1.82, 2.24) is 4.90 Å². The first-order valence-electron chi connectivity index (χ1n) is 8.38. The van der Waals surface area contributed by atoms with Crippen LogP contribution < -0.4 is 4.72 Å². The van der Waals surface area contributed by atoms with Crippen molar-refractivity contribution >= 4 is 21.6 Å². The smallest absolute Gasteiger partial charge is 0.261 e. The van der Waals surface area contributed by atoms with Crippen LogP contribution in [-0.2, 0) is 27.8 Å². The topological polar surface area (TPSA) is 66.5 Å². The highest BCUT2D eigenvalue weighted by atomic mass is 32.2. The fraction of sp³-hybridized carbons (Fsp3) is 0.316. The van der Waals surface area contributed by atoms with Crippen molar-refractivity contribution in [2.75, 3.05) is 11.3 Å². The Labute approximate surface area is 148 Å². The molecule has 1 amide bonds. The van der Waals surface area contributed by atoms with Gasteiger partial charge in [0.2, 0.25) is 5.91 Å². The first-order chi connectivity index (χ1) is 11.9. The number of hydrogen-bond donors (Lipinski definition) is 1. The average molecular weight is 358 g/mol. The van der Waals surface area contributed by atoms with Gasteiger partial charge in [-0.1, -0.05) is 30.7 Å². The quantitative estimate of drug-likeness (QED) is 0.913. The molecule has 25 heavy (non-hydrogen) atoms. The second-order valence-corrected chi connectivity index (χ2v) is 8.00. The van der Waals surface area contributed by atoms with E-state index in [0.29, 0.717) is 25.2 Å². The third-order valence-corrected chi connectivity index (χ3v) is 5.85. The van der Waals surface area contributed by atoms with Gasteiger partial charge in [0.15, 0.2) is 0 Å². The molecule has 2 aromatic rings. The number of amides is 1. The molecular formula is C19H22N2O3S. The minimum absolute atomic E-state index is 0.122. The van der Waals surface area contributed by atoms with Crippen LogP contribution in [0.2, 0.25) is 0 Å². The summed E-state index contributed by atoms with van der Waals surface area (Å²) in [7, 11) is -3.62. The van der Waals surface area contributed by atoms with Crippen LogP contribution in [0.3, 0.4) is 0 Å². The van der Waals surface area contributed by atoms with Crippen LogP contribution in [0.4, 0.5) is 5.69 Å². The highest BCUT2D eigenvalue weighted by Gasteiger charge is 2.21. The normalized spacial score (nSPS) is 14.1. The fourth-order valence-electron chi connectivity index (χ4n) is 2.99. The Balaban J connectivity index is 1.82. The van der Waals surface area contributed by atoms with Gasteiger partial charge < -0.3 is 4.90 Å². The Kier molecular flexibility index (Phi) is 4.81. The molecular weight excluding hydrogens is 336 g/mol. The zero-order valence-electron chi connectivity index (χ0n) is 14.5. The summed E-state index contributed by atoms with van der Waals surface area (Å²) < 4.78 is 27.7. The molecule has 0 saturated carbocycles. The second kappa shape index (κ2) is 6.88. The maximum Gasteiger partial charge on any atom is 0.261 e. The number of fused-ring (bicyclic) bond motifs is 1. The Morgan fingerprint density at radius 3 is 2.52 bits per heavy atom. The number of anilines is 1. The lowest BCUT2D eigenvalue weighted by atomic mass is 9.99. The van der Waals surface area contributed by atoms with Crippen molar-refractivity contribution in [2.24, 2.45) is 0 Å². The molecule has 1 N–H and O–H groups in total. The maximum atomic E-state index is 12.5. The molecule has 0 unspecified atom stereocenters. The predicted molar refractivity (Wildman–Crippen MR) is 97.8 cm³/mol. The third-order valence-electron chi connectivity index (χ3n) is 4.46. The highest BCUT2D eigenvalue weighted by molar-refractivity contribution is 7.92. The zero-order chi connectivity index (χ0) is 18.0. The minimum atomic E-state index is -3.62. The van der Waals surface area contributed by atoms with Gasteiger partial charge in [-0.2, -0.15) is 0 Å². The van der Waals surface area contributed by atoms with Gasteiger partial charge in [-0.05, 0) is 48.7 Å². The lowest BCUT2D eigenvalue weighted by Gasteiger charge is -2.29. The number of carbonyl (C=O) groups is 1. The Morgan fingerprint density at radius 1 is 1.12 bits per heavy atom. The molecule has 3 rings (SSSR count). The van der Waals surface area contributed by atoms with Gasteiger partial charge in [0.25, 0.3) is 10.0 Å². The predicted octanol–water partition coefficient (Wildman–Crippen LogP) is 3.09. The summed E-state index contributed by atoms with van der Waals surface area (Å²) in [5, 5.41) is 0. The molecule has 0 saturated heterocycles. The first kappa shape index (κ1) is 17.5. The monoisotopic (exact) mass is 358 g/mol. The van der Waals surface area contributed by atoms with Gasteiger partial charge in [0.05, 0.1) is 4.90 Å². The molecule has 0 bridgehead atoms. The summed E-state index contributed by atoms with van der Waals surface area (Å²) in [4.78, 5) is 14.0. The van der Waals surface area contributed by atoms with E-state index in [1.807, 2.05) is 30.9 Å². The number of carbonyl (C=O) groups excluding carboxylic acids is 1. The van der Waals surface area contributed by atoms with Crippen LogP contribution in [0.1, 0.15) is 30.0 Å². The molecule has 0 spiro atoms. The molecule has 1 heterocycles. The first-order valence-corrected chi connectivity index (χ1v) is 9.86. The Bertz CT molecular complexity index is 889. The number of rotatable bonds is 4. The van der Waals surface area contributed by atoms with Crippen molar-refractivity contribution in [2.45, 2.75) is 38.1 Å². The molecule has 0 radical (unpaired) electrons. The number of benzene rings is 2. The zero-order valence-corrected chi connectivity index (χ0v) is 15.3. The number of nitrogens with zero attached hydrogens (tertiary/aromatic N) is 1. The number of aryl methyl sites for hydroxylation is 1. The highest BCUT2D eigenvalue weighted by Crippen LogP contribution is 2.25. The molecule has 1 aliphatic heterocycles. The number of nitrogens with one attached hydrogen (secondary N) is 1. The van der Waals surface area contributed by atoms with Crippen molar-refractivity contribution < 1.29 is 13.2 Å². The van der Waals surface area contributed by atoms with E-state index in [1.165, 1.54) is 5.56 Å². The minimum Gasteiger partial charge on any atom is -0.338 e. The fourth-order valence-corrected chi connectivity index (χ4v) is 4.04. The van der Waals surface area contributed by atoms with Gasteiger partial charge in [-0.25, -0.2) is 8.42 Å². The Morgan fingerprint density at radius 2 is 1.84 bits per heavy atom. The van der Waals surface area contributed by atoms with E-state index < -0.39 is 10.0 Å². The summed E-state index contributed by atoms with van der Waals surface area (Å²) in [5.41, 5.74) is 3.69. The molecule has 5 nitrogen and oxygen atoms in total. The van der Waals surface area contributed by atoms with Gasteiger partial charge >= 0.3 is 0 Å². The molecule has 0 atom stereocenters. The third kappa shape index (κ3) is 3.85. The summed E-state index contributed by atoms with van der Waals surface area (Å²) in [6.45, 7) is 5.01. The van der Waals surface area contributed by atoms with Gasteiger partial charge in [-0.3, -0.25) is 9.52 Å². The molecule has 1 aliphatic rings. The summed E-state index contributed by atoms with van der Waals surface area (Å²) in [6.07, 6.45) is 1.28. The van der Waals surface area contributed by atoms with Gasteiger partial charge in [0.1, 0.15) is 0 Å². The maximum absolute atomic E-state index is 12.5. The molecule has 0 fully saturated rings. The summed E-state index contributed by atoms with van der Waals surface area (Å²) in [5.74, 6) is 0.122. The van der Waals surface area contributed by atoms with Gasteiger partial charge in [-0.15, -0.1) is 0 Å². The molecule has 132 valence electrons. The second-order valence-electron chi connectivity index (χ2n) is 6.32. The molecule has 0 aromatic heterocycles. The van der Waals surface area contributed by atoms with Crippen molar-refractivity contribution in [1.29, 1.82) is 0 Å². The largest absolute Gasteiger partial charge is 0.338 e. The summed E-state index contributed by atoms with van der Waals surface area (Å²) >= 11 is 0. The lowest BCUT2D eigenvalue weighted by Crippen LogP contribution is -2.35. The van der Waals surface area contributed by atoms with Crippen LogP contribution >= 0.6 is 0 Å². The standard InChI is InChI=1S/C19H22N2O3S/c1-3-19(22)21-11-10-15-6-7-17(12-16(15)13-21)20-25(23,24)18-8-4-14(2)5-9-18/h4-9,12,20H,3,10-11,13H2,1-2H3. The summed E-state index contributed by atoms with van der Waals surface area (Å²) in [6, 6.07) is 12.3. The van der Waals surface area contributed by atoms with E-state index in [-0.39, 0.29) is 10.8 Å².